The molecule has 2 aromatic rings. The molecule has 1 aromatic heterocycles. The van der Waals surface area contributed by atoms with Crippen molar-refractivity contribution in [3.8, 4) is 0 Å². The van der Waals surface area contributed by atoms with Crippen LogP contribution in [-0.2, 0) is 13.2 Å². The van der Waals surface area contributed by atoms with Gasteiger partial charge in [0.2, 0.25) is 0 Å². The van der Waals surface area contributed by atoms with Gasteiger partial charge in [0.25, 0.3) is 0 Å². The minimum absolute atomic E-state index is 0.0626. The molecule has 2 rings (SSSR count). The average molecular weight is 217 g/mol. The topological polar surface area (TPSA) is 50.9 Å². The van der Waals surface area contributed by atoms with Gasteiger partial charge in [0.05, 0.1) is 19.3 Å². The first kappa shape index (κ1) is 10.8. The van der Waals surface area contributed by atoms with Crippen LogP contribution >= 0.6 is 0 Å². The molecule has 0 unspecified atom stereocenters. The molecule has 0 spiro atoms. The Morgan fingerprint density at radius 1 is 1.25 bits per heavy atom. The van der Waals surface area contributed by atoms with Crippen molar-refractivity contribution in [2.45, 2.75) is 27.0 Å². The second-order valence-electron chi connectivity index (χ2n) is 3.98. The molecule has 4 heteroatoms. The lowest BCUT2D eigenvalue weighted by Gasteiger charge is -2.04. The van der Waals surface area contributed by atoms with Gasteiger partial charge >= 0.3 is 0 Å². The van der Waals surface area contributed by atoms with Crippen LogP contribution in [0.5, 0.6) is 0 Å². The summed E-state index contributed by atoms with van der Waals surface area (Å²) >= 11 is 0. The van der Waals surface area contributed by atoms with Gasteiger partial charge in [-0.1, -0.05) is 23.4 Å². The SMILES string of the molecule is Cc1ccc(Cn2cc(CO)nn2)cc1C. The predicted octanol–water partition coefficient (Wildman–Crippen LogP) is 1.44. The Morgan fingerprint density at radius 3 is 2.69 bits per heavy atom. The summed E-state index contributed by atoms with van der Waals surface area (Å²) in [4.78, 5) is 0. The van der Waals surface area contributed by atoms with E-state index in [-0.39, 0.29) is 6.61 Å². The van der Waals surface area contributed by atoms with Crippen LogP contribution in [0, 0.1) is 13.8 Å². The normalized spacial score (nSPS) is 10.7. The fraction of sp³-hybridized carbons (Fsp3) is 0.333. The van der Waals surface area contributed by atoms with Gasteiger partial charge < -0.3 is 5.11 Å². The Hall–Kier alpha value is -1.68. The average Bonchev–Trinajstić information content (AvgIpc) is 2.71. The van der Waals surface area contributed by atoms with E-state index in [4.69, 9.17) is 5.11 Å². The van der Waals surface area contributed by atoms with Gasteiger partial charge in [-0.05, 0) is 30.5 Å². The van der Waals surface area contributed by atoms with Gasteiger partial charge in [-0.2, -0.15) is 0 Å². The van der Waals surface area contributed by atoms with E-state index in [2.05, 4.69) is 42.4 Å². The molecule has 0 aliphatic rings. The molecule has 0 amide bonds. The van der Waals surface area contributed by atoms with Crippen molar-refractivity contribution in [2.75, 3.05) is 0 Å². The molecule has 0 atom stereocenters. The van der Waals surface area contributed by atoms with E-state index < -0.39 is 0 Å². The molecule has 1 N–H and O–H groups in total. The first-order valence-corrected chi connectivity index (χ1v) is 5.25. The highest BCUT2D eigenvalue weighted by molar-refractivity contribution is 5.29. The summed E-state index contributed by atoms with van der Waals surface area (Å²) in [5.74, 6) is 0. The molecule has 16 heavy (non-hydrogen) atoms. The number of benzene rings is 1. The maximum atomic E-state index is 8.88. The molecule has 0 aliphatic carbocycles. The summed E-state index contributed by atoms with van der Waals surface area (Å²) in [6, 6.07) is 6.34. The van der Waals surface area contributed by atoms with Crippen LogP contribution in [0.25, 0.3) is 0 Å². The number of hydrogen-bond donors (Lipinski definition) is 1. The molecular weight excluding hydrogens is 202 g/mol. The Morgan fingerprint density at radius 2 is 2.06 bits per heavy atom. The van der Waals surface area contributed by atoms with Crippen LogP contribution in [0.1, 0.15) is 22.4 Å². The Balaban J connectivity index is 2.17. The van der Waals surface area contributed by atoms with Crippen molar-refractivity contribution in [3.63, 3.8) is 0 Å². The molecule has 0 radical (unpaired) electrons. The maximum absolute atomic E-state index is 8.88. The van der Waals surface area contributed by atoms with E-state index in [0.29, 0.717) is 12.2 Å². The minimum Gasteiger partial charge on any atom is -0.390 e. The number of aliphatic hydroxyl groups is 1. The highest BCUT2D eigenvalue weighted by Crippen LogP contribution is 2.10. The Labute approximate surface area is 94.5 Å². The van der Waals surface area contributed by atoms with Crippen molar-refractivity contribution in [2.24, 2.45) is 0 Å². The van der Waals surface area contributed by atoms with E-state index in [1.54, 1.807) is 10.9 Å². The number of hydrogen-bond acceptors (Lipinski definition) is 3. The van der Waals surface area contributed by atoms with Gasteiger partial charge in [-0.15, -0.1) is 5.10 Å². The fourth-order valence-electron chi connectivity index (χ4n) is 1.58. The predicted molar refractivity (Wildman–Crippen MR) is 61.0 cm³/mol. The summed E-state index contributed by atoms with van der Waals surface area (Å²) in [7, 11) is 0. The van der Waals surface area contributed by atoms with Crippen LogP contribution in [0.2, 0.25) is 0 Å². The highest BCUT2D eigenvalue weighted by Gasteiger charge is 2.01. The lowest BCUT2D eigenvalue weighted by Crippen LogP contribution is -2.01. The zero-order valence-electron chi connectivity index (χ0n) is 9.51. The Kier molecular flexibility index (Phi) is 3.01. The molecule has 0 aliphatic heterocycles. The molecule has 4 nitrogen and oxygen atoms in total. The third-order valence-corrected chi connectivity index (χ3v) is 2.66. The van der Waals surface area contributed by atoms with E-state index in [0.717, 1.165) is 0 Å². The van der Waals surface area contributed by atoms with E-state index in [1.165, 1.54) is 16.7 Å². The quantitative estimate of drug-likeness (QED) is 0.846. The molecule has 1 aromatic carbocycles. The van der Waals surface area contributed by atoms with Crippen molar-refractivity contribution < 1.29 is 5.11 Å². The van der Waals surface area contributed by atoms with Crippen molar-refractivity contribution in [1.82, 2.24) is 15.0 Å². The number of aryl methyl sites for hydroxylation is 2. The summed E-state index contributed by atoms with van der Waals surface area (Å²) in [5, 5.41) is 16.7. The van der Waals surface area contributed by atoms with Crippen molar-refractivity contribution in [3.05, 3.63) is 46.8 Å². The summed E-state index contributed by atoms with van der Waals surface area (Å²) in [5.41, 5.74) is 4.36. The van der Waals surface area contributed by atoms with Gasteiger partial charge in [0.15, 0.2) is 0 Å². The third-order valence-electron chi connectivity index (χ3n) is 2.66. The lowest BCUT2D eigenvalue weighted by molar-refractivity contribution is 0.276. The van der Waals surface area contributed by atoms with E-state index in [9.17, 15) is 0 Å². The van der Waals surface area contributed by atoms with Gasteiger partial charge in [0.1, 0.15) is 5.69 Å². The smallest absolute Gasteiger partial charge is 0.108 e. The van der Waals surface area contributed by atoms with Crippen molar-refractivity contribution >= 4 is 0 Å². The minimum atomic E-state index is -0.0626. The molecule has 84 valence electrons. The Bertz CT molecular complexity index is 491. The summed E-state index contributed by atoms with van der Waals surface area (Å²) < 4.78 is 1.73. The zero-order chi connectivity index (χ0) is 11.5. The van der Waals surface area contributed by atoms with Crippen LogP contribution in [-0.4, -0.2) is 20.1 Å². The molecule has 0 saturated heterocycles. The standard InChI is InChI=1S/C12H15N3O/c1-9-3-4-11(5-10(9)2)6-15-7-12(8-16)13-14-15/h3-5,7,16H,6,8H2,1-2H3. The molecule has 0 fully saturated rings. The van der Waals surface area contributed by atoms with Gasteiger partial charge in [0, 0.05) is 0 Å². The molecule has 1 heterocycles. The first-order valence-electron chi connectivity index (χ1n) is 5.25. The van der Waals surface area contributed by atoms with E-state index in [1.807, 2.05) is 0 Å². The van der Waals surface area contributed by atoms with Crippen LogP contribution in [0.3, 0.4) is 0 Å². The monoisotopic (exact) mass is 217 g/mol. The van der Waals surface area contributed by atoms with Gasteiger partial charge in [-0.25, -0.2) is 4.68 Å². The summed E-state index contributed by atoms with van der Waals surface area (Å²) in [6.45, 7) is 4.82. The van der Waals surface area contributed by atoms with Crippen LogP contribution in [0.4, 0.5) is 0 Å². The second-order valence-corrected chi connectivity index (χ2v) is 3.98. The van der Waals surface area contributed by atoms with Crippen molar-refractivity contribution in [1.29, 1.82) is 0 Å². The highest BCUT2D eigenvalue weighted by atomic mass is 16.3. The zero-order valence-corrected chi connectivity index (χ0v) is 9.51. The number of aliphatic hydroxyl groups excluding tert-OH is 1. The number of rotatable bonds is 3. The fourth-order valence-corrected chi connectivity index (χ4v) is 1.58. The van der Waals surface area contributed by atoms with Crippen LogP contribution < -0.4 is 0 Å². The lowest BCUT2D eigenvalue weighted by atomic mass is 10.1. The second kappa shape index (κ2) is 4.45. The summed E-state index contributed by atoms with van der Waals surface area (Å²) in [6.07, 6.45) is 1.76. The molecule has 0 bridgehead atoms. The number of aromatic nitrogens is 3. The molecular formula is C12H15N3O. The van der Waals surface area contributed by atoms with Gasteiger partial charge in [-0.3, -0.25) is 0 Å². The van der Waals surface area contributed by atoms with E-state index >= 15 is 0 Å². The largest absolute Gasteiger partial charge is 0.390 e. The van der Waals surface area contributed by atoms with Crippen LogP contribution in [0.15, 0.2) is 24.4 Å². The first-order chi connectivity index (χ1) is 7.69. The maximum Gasteiger partial charge on any atom is 0.108 e. The third kappa shape index (κ3) is 2.28. The molecule has 0 saturated carbocycles. The number of nitrogens with zero attached hydrogens (tertiary/aromatic N) is 3.